The van der Waals surface area contributed by atoms with E-state index in [0.717, 1.165) is 15.3 Å². The van der Waals surface area contributed by atoms with E-state index in [9.17, 15) is 0 Å². The number of aromatic nitrogens is 2. The molecule has 3 rings (SSSR count). The topological polar surface area (TPSA) is 25.8 Å². The molecule has 0 aromatic carbocycles. The maximum atomic E-state index is 4.97. The molecule has 23 heavy (non-hydrogen) atoms. The molecule has 4 heteroatoms. The van der Waals surface area contributed by atoms with Crippen LogP contribution in [0.15, 0.2) is 12.1 Å². The summed E-state index contributed by atoms with van der Waals surface area (Å²) in [5, 5.41) is 0. The van der Waals surface area contributed by atoms with Gasteiger partial charge in [0.15, 0.2) is 7.28 Å². The molecule has 1 fully saturated rings. The zero-order chi connectivity index (χ0) is 15.9. The van der Waals surface area contributed by atoms with Crippen LogP contribution in [0, 0.1) is 0 Å². The predicted octanol–water partition coefficient (Wildman–Crippen LogP) is 5.46. The third kappa shape index (κ3) is 4.79. The summed E-state index contributed by atoms with van der Waals surface area (Å²) in [5.41, 5.74) is 2.36. The van der Waals surface area contributed by atoms with Crippen molar-refractivity contribution in [3.63, 3.8) is 0 Å². The monoisotopic (exact) mass is 327 g/mol. The summed E-state index contributed by atoms with van der Waals surface area (Å²) in [6.07, 6.45) is 15.3. The highest BCUT2D eigenvalue weighted by molar-refractivity contribution is 7.26. The van der Waals surface area contributed by atoms with Crippen molar-refractivity contribution in [2.24, 2.45) is 0 Å². The van der Waals surface area contributed by atoms with E-state index < -0.39 is 0 Å². The van der Waals surface area contributed by atoms with E-state index in [4.69, 9.17) is 4.98 Å². The smallest absolute Gasteiger partial charge is 0.188 e. The molecule has 1 radical (unpaired) electrons. The summed E-state index contributed by atoms with van der Waals surface area (Å²) < 4.78 is 0. The summed E-state index contributed by atoms with van der Waals surface area (Å²) in [4.78, 5) is 11.8. The fourth-order valence-electron chi connectivity index (χ4n) is 3.66. The van der Waals surface area contributed by atoms with Crippen LogP contribution in [0.3, 0.4) is 0 Å². The van der Waals surface area contributed by atoms with Crippen LogP contribution in [0.1, 0.15) is 82.2 Å². The van der Waals surface area contributed by atoms with Crippen LogP contribution in [-0.4, -0.2) is 17.2 Å². The molecule has 123 valence electrons. The second-order valence-corrected chi connectivity index (χ2v) is 7.87. The lowest BCUT2D eigenvalue weighted by molar-refractivity contribution is 0.463. The Morgan fingerprint density at radius 2 is 1.48 bits per heavy atom. The summed E-state index contributed by atoms with van der Waals surface area (Å²) in [6.45, 7) is 2.05. The predicted molar refractivity (Wildman–Crippen MR) is 102 cm³/mol. The van der Waals surface area contributed by atoms with Crippen LogP contribution in [0.4, 0.5) is 0 Å². The molecule has 2 heterocycles. The van der Waals surface area contributed by atoms with E-state index in [1.165, 1.54) is 76.3 Å². The van der Waals surface area contributed by atoms with Gasteiger partial charge in [-0.15, -0.1) is 11.3 Å². The highest BCUT2D eigenvalue weighted by Crippen LogP contribution is 2.29. The zero-order valence-corrected chi connectivity index (χ0v) is 15.2. The van der Waals surface area contributed by atoms with Crippen molar-refractivity contribution in [3.05, 3.63) is 17.8 Å². The third-order valence-corrected chi connectivity index (χ3v) is 6.09. The van der Waals surface area contributed by atoms with Gasteiger partial charge >= 0.3 is 0 Å². The van der Waals surface area contributed by atoms with Crippen LogP contribution in [0.25, 0.3) is 10.3 Å². The van der Waals surface area contributed by atoms with Gasteiger partial charge in [0.05, 0.1) is 5.52 Å². The average Bonchev–Trinajstić information content (AvgIpc) is 2.97. The number of hydrogen-bond donors (Lipinski definition) is 0. The number of hydrogen-bond acceptors (Lipinski definition) is 3. The average molecular weight is 327 g/mol. The lowest BCUT2D eigenvalue weighted by Crippen LogP contribution is -2.07. The van der Waals surface area contributed by atoms with Crippen molar-refractivity contribution in [3.8, 4) is 0 Å². The quantitative estimate of drug-likeness (QED) is 0.685. The van der Waals surface area contributed by atoms with Crippen molar-refractivity contribution in [2.45, 2.75) is 83.4 Å². The summed E-state index contributed by atoms with van der Waals surface area (Å²) in [5.74, 6) is 0.648. The fourth-order valence-corrected chi connectivity index (χ4v) is 4.49. The summed E-state index contributed by atoms with van der Waals surface area (Å²) >= 11 is 1.72. The SMILES string of the molecule is C[B]c1nc2ccc(C3CCCCCCCCCCC3)nc2s1. The van der Waals surface area contributed by atoms with Crippen molar-refractivity contribution < 1.29 is 0 Å². The first-order valence-corrected chi connectivity index (χ1v) is 10.3. The van der Waals surface area contributed by atoms with Gasteiger partial charge in [-0.2, -0.15) is 0 Å². The van der Waals surface area contributed by atoms with E-state index in [0.29, 0.717) is 5.92 Å². The van der Waals surface area contributed by atoms with Gasteiger partial charge < -0.3 is 0 Å². The van der Waals surface area contributed by atoms with Crippen LogP contribution in [-0.2, 0) is 0 Å². The third-order valence-electron chi connectivity index (χ3n) is 5.06. The van der Waals surface area contributed by atoms with E-state index in [-0.39, 0.29) is 0 Å². The standard InChI is InChI=1S/C19H28BN2S/c1-20-19-22-17-14-13-16(21-18(17)23-19)15-11-9-7-5-3-2-4-6-8-10-12-15/h13-15H,2-12H2,1H3. The molecule has 0 amide bonds. The first-order chi connectivity index (χ1) is 11.4. The molecule has 0 atom stereocenters. The highest BCUT2D eigenvalue weighted by Gasteiger charge is 2.15. The molecule has 0 saturated heterocycles. The maximum Gasteiger partial charge on any atom is 0.188 e. The maximum absolute atomic E-state index is 4.97. The number of pyridine rings is 1. The molecular weight excluding hydrogens is 299 g/mol. The lowest BCUT2D eigenvalue weighted by Gasteiger charge is -2.17. The molecule has 1 aliphatic carbocycles. The molecule has 2 aromatic heterocycles. The number of nitrogens with zero attached hydrogens (tertiary/aromatic N) is 2. The van der Waals surface area contributed by atoms with Crippen LogP contribution in [0.5, 0.6) is 0 Å². The molecule has 0 aliphatic heterocycles. The number of rotatable bonds is 2. The fraction of sp³-hybridized carbons (Fsp3) is 0.684. The minimum atomic E-state index is 0.648. The summed E-state index contributed by atoms with van der Waals surface area (Å²) in [6, 6.07) is 4.41. The van der Waals surface area contributed by atoms with Gasteiger partial charge in [0, 0.05) is 16.5 Å². The van der Waals surface area contributed by atoms with E-state index in [2.05, 4.69) is 24.4 Å². The van der Waals surface area contributed by atoms with Gasteiger partial charge in [0.2, 0.25) is 0 Å². The molecular formula is C19H28BN2S. The first kappa shape index (κ1) is 16.9. The van der Waals surface area contributed by atoms with Crippen molar-refractivity contribution in [1.82, 2.24) is 9.97 Å². The molecule has 2 aromatic rings. The van der Waals surface area contributed by atoms with Gasteiger partial charge in [-0.1, -0.05) is 64.6 Å². The second-order valence-electron chi connectivity index (χ2n) is 6.86. The molecule has 1 aliphatic rings. The first-order valence-electron chi connectivity index (χ1n) is 9.43. The molecule has 0 spiro atoms. The minimum Gasteiger partial charge on any atom is -0.251 e. The number of thiazole rings is 1. The van der Waals surface area contributed by atoms with E-state index in [1.807, 2.05) is 6.82 Å². The lowest BCUT2D eigenvalue weighted by atomic mass is 9.84. The normalized spacial score (nSPS) is 19.2. The van der Waals surface area contributed by atoms with Gasteiger partial charge in [-0.05, 0) is 25.0 Å². The van der Waals surface area contributed by atoms with E-state index in [1.54, 1.807) is 11.3 Å². The van der Waals surface area contributed by atoms with Gasteiger partial charge in [0.25, 0.3) is 0 Å². The molecule has 2 nitrogen and oxygen atoms in total. The molecule has 0 unspecified atom stereocenters. The second kappa shape index (κ2) is 8.82. The Morgan fingerprint density at radius 3 is 2.09 bits per heavy atom. The number of fused-ring (bicyclic) bond motifs is 1. The van der Waals surface area contributed by atoms with Crippen molar-refractivity contribution >= 4 is 33.9 Å². The largest absolute Gasteiger partial charge is 0.251 e. The summed E-state index contributed by atoms with van der Waals surface area (Å²) in [7, 11) is 2.07. The van der Waals surface area contributed by atoms with Gasteiger partial charge in [-0.3, -0.25) is 4.98 Å². The van der Waals surface area contributed by atoms with Crippen LogP contribution >= 0.6 is 11.3 Å². The van der Waals surface area contributed by atoms with Crippen molar-refractivity contribution in [2.75, 3.05) is 0 Å². The Labute approximate surface area is 145 Å². The zero-order valence-electron chi connectivity index (χ0n) is 14.4. The Balaban J connectivity index is 1.72. The van der Waals surface area contributed by atoms with Gasteiger partial charge in [-0.25, -0.2) is 4.98 Å². The van der Waals surface area contributed by atoms with Crippen LogP contribution < -0.4 is 4.91 Å². The Morgan fingerprint density at radius 1 is 0.870 bits per heavy atom. The van der Waals surface area contributed by atoms with Gasteiger partial charge in [0.1, 0.15) is 4.83 Å². The Bertz CT molecular complexity index is 598. The molecule has 0 bridgehead atoms. The minimum absolute atomic E-state index is 0.648. The Hall–Kier alpha value is -0.895. The molecule has 0 N–H and O–H groups in total. The molecule has 1 saturated carbocycles. The van der Waals surface area contributed by atoms with E-state index >= 15 is 0 Å². The van der Waals surface area contributed by atoms with Crippen molar-refractivity contribution in [1.29, 1.82) is 0 Å². The van der Waals surface area contributed by atoms with Crippen LogP contribution in [0.2, 0.25) is 6.82 Å². The highest BCUT2D eigenvalue weighted by atomic mass is 32.1. The Kier molecular flexibility index (Phi) is 6.50.